The van der Waals surface area contributed by atoms with E-state index in [2.05, 4.69) is 15.6 Å². The lowest BCUT2D eigenvalue weighted by Gasteiger charge is -2.08. The molecule has 1 aromatic heterocycles. The molecule has 6 heteroatoms. The van der Waals surface area contributed by atoms with E-state index in [1.54, 1.807) is 12.1 Å². The molecule has 0 aliphatic heterocycles. The largest absolute Gasteiger partial charge is 0.478 e. The quantitative estimate of drug-likeness (QED) is 0.682. The van der Waals surface area contributed by atoms with Gasteiger partial charge in [0.1, 0.15) is 0 Å². The molecule has 0 bridgehead atoms. The van der Waals surface area contributed by atoms with Crippen LogP contribution in [0.4, 0.5) is 4.79 Å². The van der Waals surface area contributed by atoms with Crippen molar-refractivity contribution in [1.82, 2.24) is 15.6 Å². The monoisotopic (exact) mass is 327 g/mol. The number of carboxylic acids is 1. The van der Waals surface area contributed by atoms with Crippen molar-refractivity contribution in [1.29, 1.82) is 0 Å². The molecule has 0 saturated carbocycles. The highest BCUT2D eigenvalue weighted by atomic mass is 16.4. The Hall–Kier alpha value is -2.89. The van der Waals surface area contributed by atoms with E-state index < -0.39 is 5.97 Å². The summed E-state index contributed by atoms with van der Waals surface area (Å²) in [6.45, 7) is 2.88. The number of carboxylic acid groups (broad SMARTS) is 1. The van der Waals surface area contributed by atoms with Crippen LogP contribution in [0.5, 0.6) is 0 Å². The van der Waals surface area contributed by atoms with Crippen LogP contribution in [-0.2, 0) is 13.0 Å². The van der Waals surface area contributed by atoms with Gasteiger partial charge < -0.3 is 15.7 Å². The molecular formula is C18H21N3O3. The van der Waals surface area contributed by atoms with Gasteiger partial charge in [0.15, 0.2) is 0 Å². The van der Waals surface area contributed by atoms with Crippen molar-refractivity contribution in [2.24, 2.45) is 0 Å². The molecule has 0 spiro atoms. The topological polar surface area (TPSA) is 91.3 Å². The summed E-state index contributed by atoms with van der Waals surface area (Å²) >= 11 is 0. The lowest BCUT2D eigenvalue weighted by atomic mass is 10.1. The standard InChI is InChI=1S/C18H21N3O3/c1-13-4-2-5-16(21-13)6-3-11-19-18(24)20-12-14-7-9-15(10-8-14)17(22)23/h2,4-5,7-10H,3,6,11-12H2,1H3,(H,22,23)(H2,19,20,24). The lowest BCUT2D eigenvalue weighted by molar-refractivity contribution is 0.0697. The number of nitrogens with one attached hydrogen (secondary N) is 2. The summed E-state index contributed by atoms with van der Waals surface area (Å²) < 4.78 is 0. The van der Waals surface area contributed by atoms with Crippen LogP contribution in [0.15, 0.2) is 42.5 Å². The summed E-state index contributed by atoms with van der Waals surface area (Å²) in [6, 6.07) is 12.1. The van der Waals surface area contributed by atoms with Gasteiger partial charge in [-0.15, -0.1) is 0 Å². The van der Waals surface area contributed by atoms with Crippen molar-refractivity contribution in [3.63, 3.8) is 0 Å². The summed E-state index contributed by atoms with van der Waals surface area (Å²) in [5.74, 6) is -0.963. The Morgan fingerprint density at radius 2 is 1.83 bits per heavy atom. The van der Waals surface area contributed by atoms with Crippen molar-refractivity contribution >= 4 is 12.0 Å². The van der Waals surface area contributed by atoms with Crippen LogP contribution in [0, 0.1) is 6.92 Å². The summed E-state index contributed by atoms with van der Waals surface area (Å²) in [4.78, 5) is 26.9. The number of amides is 2. The Bertz CT molecular complexity index is 699. The number of urea groups is 1. The van der Waals surface area contributed by atoms with Crippen molar-refractivity contribution in [3.8, 4) is 0 Å². The van der Waals surface area contributed by atoms with E-state index in [1.165, 1.54) is 12.1 Å². The Morgan fingerprint density at radius 3 is 2.50 bits per heavy atom. The molecule has 1 aromatic carbocycles. The van der Waals surface area contributed by atoms with Crippen LogP contribution in [0.1, 0.15) is 33.7 Å². The van der Waals surface area contributed by atoms with Crippen LogP contribution in [0.2, 0.25) is 0 Å². The minimum Gasteiger partial charge on any atom is -0.478 e. The average molecular weight is 327 g/mol. The summed E-state index contributed by atoms with van der Waals surface area (Å²) in [5.41, 5.74) is 3.09. The highest BCUT2D eigenvalue weighted by Gasteiger charge is 2.03. The molecule has 24 heavy (non-hydrogen) atoms. The predicted octanol–water partition coefficient (Wildman–Crippen LogP) is 2.52. The highest BCUT2D eigenvalue weighted by Crippen LogP contribution is 2.04. The molecule has 0 atom stereocenters. The highest BCUT2D eigenvalue weighted by molar-refractivity contribution is 5.87. The Morgan fingerprint density at radius 1 is 1.08 bits per heavy atom. The molecule has 0 aliphatic carbocycles. The van der Waals surface area contributed by atoms with Gasteiger partial charge in [-0.25, -0.2) is 9.59 Å². The van der Waals surface area contributed by atoms with Crippen LogP contribution in [0.3, 0.4) is 0 Å². The Labute approximate surface area is 140 Å². The molecule has 0 radical (unpaired) electrons. The van der Waals surface area contributed by atoms with Gasteiger partial charge in [-0.1, -0.05) is 18.2 Å². The van der Waals surface area contributed by atoms with E-state index in [1.807, 2.05) is 25.1 Å². The SMILES string of the molecule is Cc1cccc(CCCNC(=O)NCc2ccc(C(=O)O)cc2)n1. The maximum absolute atomic E-state index is 11.7. The fourth-order valence-corrected chi connectivity index (χ4v) is 2.22. The van der Waals surface area contributed by atoms with E-state index in [0.29, 0.717) is 13.1 Å². The van der Waals surface area contributed by atoms with E-state index in [-0.39, 0.29) is 11.6 Å². The van der Waals surface area contributed by atoms with Crippen LogP contribution >= 0.6 is 0 Å². The van der Waals surface area contributed by atoms with Gasteiger partial charge in [0, 0.05) is 24.5 Å². The molecule has 2 rings (SSSR count). The minimum atomic E-state index is -0.963. The van der Waals surface area contributed by atoms with Gasteiger partial charge in [0.2, 0.25) is 0 Å². The molecular weight excluding hydrogens is 306 g/mol. The maximum atomic E-state index is 11.7. The molecule has 1 heterocycles. The van der Waals surface area contributed by atoms with Gasteiger partial charge >= 0.3 is 12.0 Å². The molecule has 2 aromatic rings. The number of rotatable bonds is 7. The summed E-state index contributed by atoms with van der Waals surface area (Å²) in [5, 5.41) is 14.4. The lowest BCUT2D eigenvalue weighted by Crippen LogP contribution is -2.35. The number of carbonyl (C=O) groups is 2. The second-order valence-electron chi connectivity index (χ2n) is 5.49. The Kier molecular flexibility index (Phi) is 6.31. The van der Waals surface area contributed by atoms with E-state index in [4.69, 9.17) is 5.11 Å². The molecule has 3 N–H and O–H groups in total. The third kappa shape index (κ3) is 5.72. The number of carbonyl (C=O) groups excluding carboxylic acids is 1. The number of aromatic carboxylic acids is 1. The third-order valence-electron chi connectivity index (χ3n) is 3.50. The normalized spacial score (nSPS) is 10.2. The van der Waals surface area contributed by atoms with Crippen molar-refractivity contribution in [2.75, 3.05) is 6.54 Å². The molecule has 6 nitrogen and oxygen atoms in total. The smallest absolute Gasteiger partial charge is 0.335 e. The first kappa shape index (κ1) is 17.5. The van der Waals surface area contributed by atoms with Crippen molar-refractivity contribution in [2.45, 2.75) is 26.3 Å². The first-order valence-electron chi connectivity index (χ1n) is 7.81. The second kappa shape index (κ2) is 8.67. The number of aryl methyl sites for hydroxylation is 2. The van der Waals surface area contributed by atoms with Gasteiger partial charge in [-0.3, -0.25) is 4.98 Å². The van der Waals surface area contributed by atoms with E-state index in [9.17, 15) is 9.59 Å². The molecule has 2 amide bonds. The van der Waals surface area contributed by atoms with E-state index >= 15 is 0 Å². The number of hydrogen-bond acceptors (Lipinski definition) is 3. The van der Waals surface area contributed by atoms with Gasteiger partial charge in [0.05, 0.1) is 5.56 Å². The second-order valence-corrected chi connectivity index (χ2v) is 5.49. The van der Waals surface area contributed by atoms with Gasteiger partial charge in [-0.2, -0.15) is 0 Å². The molecule has 0 fully saturated rings. The first-order chi connectivity index (χ1) is 11.5. The summed E-state index contributed by atoms with van der Waals surface area (Å²) in [7, 11) is 0. The van der Waals surface area contributed by atoms with Gasteiger partial charge in [-0.05, 0) is 49.6 Å². The van der Waals surface area contributed by atoms with Crippen molar-refractivity contribution < 1.29 is 14.7 Å². The van der Waals surface area contributed by atoms with E-state index in [0.717, 1.165) is 29.8 Å². The Balaban J connectivity index is 1.65. The minimum absolute atomic E-state index is 0.230. The zero-order valence-corrected chi connectivity index (χ0v) is 13.6. The first-order valence-corrected chi connectivity index (χ1v) is 7.81. The fourth-order valence-electron chi connectivity index (χ4n) is 2.22. The van der Waals surface area contributed by atoms with Crippen molar-refractivity contribution in [3.05, 3.63) is 65.0 Å². The fraction of sp³-hybridized carbons (Fsp3) is 0.278. The predicted molar refractivity (Wildman–Crippen MR) is 90.9 cm³/mol. The maximum Gasteiger partial charge on any atom is 0.335 e. The number of aromatic nitrogens is 1. The molecule has 0 aliphatic rings. The molecule has 0 saturated heterocycles. The zero-order chi connectivity index (χ0) is 17.4. The van der Waals surface area contributed by atoms with Crippen LogP contribution in [-0.4, -0.2) is 28.6 Å². The van der Waals surface area contributed by atoms with Crippen LogP contribution < -0.4 is 10.6 Å². The molecule has 126 valence electrons. The molecule has 0 unspecified atom stereocenters. The average Bonchev–Trinajstić information content (AvgIpc) is 2.57. The van der Waals surface area contributed by atoms with Gasteiger partial charge in [0.25, 0.3) is 0 Å². The number of benzene rings is 1. The third-order valence-corrected chi connectivity index (χ3v) is 3.50. The zero-order valence-electron chi connectivity index (χ0n) is 13.6. The van der Waals surface area contributed by atoms with Crippen LogP contribution in [0.25, 0.3) is 0 Å². The summed E-state index contributed by atoms with van der Waals surface area (Å²) in [6.07, 6.45) is 1.63. The number of hydrogen-bond donors (Lipinski definition) is 3. The number of pyridine rings is 1. The number of nitrogens with zero attached hydrogens (tertiary/aromatic N) is 1.